The molecule has 0 bridgehead atoms. The van der Waals surface area contributed by atoms with E-state index in [1.165, 1.54) is 5.56 Å². The van der Waals surface area contributed by atoms with Gasteiger partial charge in [-0.05, 0) is 38.3 Å². The zero-order valence-electron chi connectivity index (χ0n) is 19.5. The topological polar surface area (TPSA) is 80.5 Å². The van der Waals surface area contributed by atoms with Crippen LogP contribution < -0.4 is 5.32 Å². The average Bonchev–Trinajstić information content (AvgIpc) is 3.19. The SMILES string of the molecule is CC(C)(C)OC(=O)NC(CCN1CC(c2nc(Cc3ccccc3)no2)C1)c1ccccc1. The van der Waals surface area contributed by atoms with E-state index in [1.54, 1.807) is 0 Å². The summed E-state index contributed by atoms with van der Waals surface area (Å²) in [7, 11) is 0. The van der Waals surface area contributed by atoms with Crippen LogP contribution in [0.25, 0.3) is 0 Å². The molecule has 33 heavy (non-hydrogen) atoms. The van der Waals surface area contributed by atoms with Gasteiger partial charge in [0, 0.05) is 26.1 Å². The molecule has 3 aromatic rings. The zero-order valence-corrected chi connectivity index (χ0v) is 19.5. The Bertz CT molecular complexity index is 1020. The van der Waals surface area contributed by atoms with E-state index in [0.29, 0.717) is 12.3 Å². The van der Waals surface area contributed by atoms with Crippen molar-refractivity contribution in [3.63, 3.8) is 0 Å². The maximum Gasteiger partial charge on any atom is 0.408 e. The van der Waals surface area contributed by atoms with E-state index in [1.807, 2.05) is 69.3 Å². The van der Waals surface area contributed by atoms with E-state index >= 15 is 0 Å². The lowest BCUT2D eigenvalue weighted by Crippen LogP contribution is -2.46. The molecule has 2 heterocycles. The number of benzene rings is 2. The molecule has 1 amide bonds. The second-order valence-corrected chi connectivity index (χ2v) is 9.57. The van der Waals surface area contributed by atoms with Gasteiger partial charge in [0.1, 0.15) is 5.60 Å². The molecule has 0 saturated carbocycles. The van der Waals surface area contributed by atoms with Crippen LogP contribution >= 0.6 is 0 Å². The molecule has 1 N–H and O–H groups in total. The van der Waals surface area contributed by atoms with E-state index < -0.39 is 11.7 Å². The number of alkyl carbamates (subject to hydrolysis) is 1. The molecule has 1 saturated heterocycles. The molecule has 1 aliphatic heterocycles. The summed E-state index contributed by atoms with van der Waals surface area (Å²) in [6, 6.07) is 20.1. The Balaban J connectivity index is 1.28. The van der Waals surface area contributed by atoms with Crippen molar-refractivity contribution in [2.24, 2.45) is 0 Å². The summed E-state index contributed by atoms with van der Waals surface area (Å²) in [5.74, 6) is 1.69. The summed E-state index contributed by atoms with van der Waals surface area (Å²) >= 11 is 0. The van der Waals surface area contributed by atoms with Gasteiger partial charge in [-0.15, -0.1) is 0 Å². The zero-order chi connectivity index (χ0) is 23.3. The smallest absolute Gasteiger partial charge is 0.408 e. The highest BCUT2D eigenvalue weighted by molar-refractivity contribution is 5.68. The predicted octanol–water partition coefficient (Wildman–Crippen LogP) is 4.72. The summed E-state index contributed by atoms with van der Waals surface area (Å²) < 4.78 is 11.0. The van der Waals surface area contributed by atoms with Gasteiger partial charge in [0.25, 0.3) is 0 Å². The predicted molar refractivity (Wildman–Crippen MR) is 126 cm³/mol. The van der Waals surface area contributed by atoms with E-state index in [-0.39, 0.29) is 12.0 Å². The molecule has 4 rings (SSSR count). The number of ether oxygens (including phenoxy) is 1. The first kappa shape index (κ1) is 23.0. The summed E-state index contributed by atoms with van der Waals surface area (Å²) in [5, 5.41) is 7.18. The van der Waals surface area contributed by atoms with Gasteiger partial charge in [0.15, 0.2) is 5.82 Å². The molecule has 1 aliphatic rings. The highest BCUT2D eigenvalue weighted by Gasteiger charge is 2.33. The minimum absolute atomic E-state index is 0.110. The molecule has 0 radical (unpaired) electrons. The highest BCUT2D eigenvalue weighted by atomic mass is 16.6. The van der Waals surface area contributed by atoms with E-state index in [9.17, 15) is 4.79 Å². The van der Waals surface area contributed by atoms with Crippen molar-refractivity contribution in [2.45, 2.75) is 51.2 Å². The largest absolute Gasteiger partial charge is 0.444 e. The monoisotopic (exact) mass is 448 g/mol. The fraction of sp³-hybridized carbons (Fsp3) is 0.423. The van der Waals surface area contributed by atoms with Crippen LogP contribution in [-0.2, 0) is 11.2 Å². The Morgan fingerprint density at radius 2 is 1.79 bits per heavy atom. The summed E-state index contributed by atoms with van der Waals surface area (Å²) in [5.41, 5.74) is 1.71. The standard InChI is InChI=1S/C26H32N4O3/c1-26(2,3)32-25(31)27-22(20-12-8-5-9-13-20)14-15-30-17-21(18-30)24-28-23(29-33-24)16-19-10-6-4-7-11-19/h4-13,21-22H,14-18H2,1-3H3,(H,27,31). The lowest BCUT2D eigenvalue weighted by Gasteiger charge is -2.38. The molecule has 174 valence electrons. The lowest BCUT2D eigenvalue weighted by molar-refractivity contribution is 0.0491. The highest BCUT2D eigenvalue weighted by Crippen LogP contribution is 2.28. The molecule has 1 atom stereocenters. The number of hydrogen-bond donors (Lipinski definition) is 1. The van der Waals surface area contributed by atoms with Crippen LogP contribution in [0.15, 0.2) is 65.2 Å². The minimum atomic E-state index is -0.528. The molecule has 7 nitrogen and oxygen atoms in total. The van der Waals surface area contributed by atoms with E-state index in [4.69, 9.17) is 9.26 Å². The van der Waals surface area contributed by atoms with Crippen molar-refractivity contribution < 1.29 is 14.1 Å². The molecule has 0 aliphatic carbocycles. The van der Waals surface area contributed by atoms with Gasteiger partial charge >= 0.3 is 6.09 Å². The van der Waals surface area contributed by atoms with Crippen LogP contribution in [0.5, 0.6) is 0 Å². The first-order valence-electron chi connectivity index (χ1n) is 11.5. The van der Waals surface area contributed by atoms with Gasteiger partial charge in [0.05, 0.1) is 12.0 Å². The fourth-order valence-electron chi connectivity index (χ4n) is 3.96. The summed E-state index contributed by atoms with van der Waals surface area (Å²) in [4.78, 5) is 19.3. The third-order valence-electron chi connectivity index (χ3n) is 5.62. The first-order chi connectivity index (χ1) is 15.9. The molecule has 1 aromatic heterocycles. The third kappa shape index (κ3) is 6.65. The average molecular weight is 449 g/mol. The van der Waals surface area contributed by atoms with Crippen LogP contribution in [0.1, 0.15) is 62.0 Å². The van der Waals surface area contributed by atoms with Crippen LogP contribution in [0, 0.1) is 0 Å². The van der Waals surface area contributed by atoms with Gasteiger partial charge < -0.3 is 19.5 Å². The number of rotatable bonds is 8. The van der Waals surface area contributed by atoms with Crippen molar-refractivity contribution >= 4 is 6.09 Å². The molecule has 1 unspecified atom stereocenters. The number of aromatic nitrogens is 2. The molecule has 7 heteroatoms. The molecule has 2 aromatic carbocycles. The van der Waals surface area contributed by atoms with Crippen LogP contribution in [-0.4, -0.2) is 46.4 Å². The Labute approximate surface area is 195 Å². The number of hydrogen-bond acceptors (Lipinski definition) is 6. The van der Waals surface area contributed by atoms with Crippen molar-refractivity contribution in [1.82, 2.24) is 20.4 Å². The molecule has 0 spiro atoms. The van der Waals surface area contributed by atoms with Crippen molar-refractivity contribution in [3.8, 4) is 0 Å². The quantitative estimate of drug-likeness (QED) is 0.537. The number of nitrogens with zero attached hydrogens (tertiary/aromatic N) is 3. The first-order valence-corrected chi connectivity index (χ1v) is 11.5. The molecular formula is C26H32N4O3. The lowest BCUT2D eigenvalue weighted by atomic mass is 9.97. The van der Waals surface area contributed by atoms with Crippen LogP contribution in [0.3, 0.4) is 0 Å². The Morgan fingerprint density at radius 3 is 2.45 bits per heavy atom. The van der Waals surface area contributed by atoms with E-state index in [2.05, 4.69) is 32.5 Å². The number of carbonyl (C=O) groups excluding carboxylic acids is 1. The van der Waals surface area contributed by atoms with Crippen molar-refractivity contribution in [3.05, 3.63) is 83.5 Å². The third-order valence-corrected chi connectivity index (χ3v) is 5.62. The normalized spacial score (nSPS) is 15.6. The van der Waals surface area contributed by atoms with Crippen LogP contribution in [0.2, 0.25) is 0 Å². The van der Waals surface area contributed by atoms with Crippen LogP contribution in [0.4, 0.5) is 4.79 Å². The molecule has 1 fully saturated rings. The van der Waals surface area contributed by atoms with Gasteiger partial charge in [-0.3, -0.25) is 0 Å². The Morgan fingerprint density at radius 1 is 1.12 bits per heavy atom. The number of carbonyl (C=O) groups is 1. The Kier molecular flexibility index (Phi) is 7.08. The number of amides is 1. The van der Waals surface area contributed by atoms with Gasteiger partial charge in [-0.1, -0.05) is 65.8 Å². The summed E-state index contributed by atoms with van der Waals surface area (Å²) in [6.07, 6.45) is 1.07. The maximum absolute atomic E-state index is 12.4. The van der Waals surface area contributed by atoms with Crippen molar-refractivity contribution in [1.29, 1.82) is 0 Å². The Hall–Kier alpha value is -3.19. The number of likely N-dealkylation sites (tertiary alicyclic amines) is 1. The van der Waals surface area contributed by atoms with Gasteiger partial charge in [-0.25, -0.2) is 4.79 Å². The molecular weight excluding hydrogens is 416 g/mol. The van der Waals surface area contributed by atoms with Gasteiger partial charge in [-0.2, -0.15) is 4.98 Å². The summed E-state index contributed by atoms with van der Waals surface area (Å²) in [6.45, 7) is 8.21. The van der Waals surface area contributed by atoms with Crippen molar-refractivity contribution in [2.75, 3.05) is 19.6 Å². The second-order valence-electron chi connectivity index (χ2n) is 9.57. The van der Waals surface area contributed by atoms with E-state index in [0.717, 1.165) is 37.4 Å². The number of nitrogens with one attached hydrogen (secondary N) is 1. The fourth-order valence-corrected chi connectivity index (χ4v) is 3.96. The van der Waals surface area contributed by atoms with Gasteiger partial charge in [0.2, 0.25) is 5.89 Å². The second kappa shape index (κ2) is 10.2. The maximum atomic E-state index is 12.4. The minimum Gasteiger partial charge on any atom is -0.444 e.